The van der Waals surface area contributed by atoms with Crippen molar-refractivity contribution in [2.75, 3.05) is 18.6 Å². The zero-order valence-corrected chi connectivity index (χ0v) is 11.4. The number of thioether (sulfide) groups is 1. The zero-order valence-electron chi connectivity index (χ0n) is 9.04. The lowest BCUT2D eigenvalue weighted by atomic mass is 10.1. The molecule has 0 N–H and O–H groups in total. The predicted octanol–water partition coefficient (Wildman–Crippen LogP) is 3.08. The molecule has 3 nitrogen and oxygen atoms in total. The summed E-state index contributed by atoms with van der Waals surface area (Å²) in [6.45, 7) is 0. The number of rotatable bonds is 5. The van der Waals surface area contributed by atoms with Gasteiger partial charge in [0, 0.05) is 10.6 Å². The van der Waals surface area contributed by atoms with Crippen molar-refractivity contribution in [3.05, 3.63) is 33.8 Å². The Morgan fingerprint density at radius 3 is 2.59 bits per heavy atom. The number of ether oxygens (including phenoxy) is 1. The molecule has 0 aromatic heterocycles. The molecule has 0 saturated carbocycles. The number of hydrogen-bond donors (Lipinski definition) is 0. The van der Waals surface area contributed by atoms with E-state index in [1.807, 2.05) is 0 Å². The third-order valence-electron chi connectivity index (χ3n) is 1.91. The van der Waals surface area contributed by atoms with Gasteiger partial charge in [0.05, 0.1) is 23.6 Å². The minimum absolute atomic E-state index is 0.138. The van der Waals surface area contributed by atoms with Gasteiger partial charge in [-0.1, -0.05) is 23.2 Å². The highest BCUT2D eigenvalue weighted by Gasteiger charge is 2.11. The molecule has 0 spiro atoms. The lowest BCUT2D eigenvalue weighted by Gasteiger charge is -2.03. The molecule has 0 aliphatic rings. The van der Waals surface area contributed by atoms with Crippen molar-refractivity contribution >= 4 is 46.7 Å². The first-order valence-electron chi connectivity index (χ1n) is 4.67. The summed E-state index contributed by atoms with van der Waals surface area (Å²) in [4.78, 5) is 22.6. The molecule has 0 fully saturated rings. The molecule has 0 saturated heterocycles. The fourth-order valence-corrected chi connectivity index (χ4v) is 2.32. The van der Waals surface area contributed by atoms with E-state index in [-0.39, 0.29) is 23.3 Å². The Labute approximate surface area is 113 Å². The molecular formula is C11H10Cl2O3S. The molecule has 0 atom stereocenters. The quantitative estimate of drug-likeness (QED) is 0.618. The van der Waals surface area contributed by atoms with E-state index in [0.717, 1.165) is 0 Å². The highest BCUT2D eigenvalue weighted by molar-refractivity contribution is 8.00. The van der Waals surface area contributed by atoms with Crippen LogP contribution in [0.15, 0.2) is 18.2 Å². The van der Waals surface area contributed by atoms with Gasteiger partial charge in [-0.2, -0.15) is 0 Å². The fourth-order valence-electron chi connectivity index (χ4n) is 1.08. The van der Waals surface area contributed by atoms with E-state index in [4.69, 9.17) is 23.2 Å². The Morgan fingerprint density at radius 2 is 2.00 bits per heavy atom. The second kappa shape index (κ2) is 6.89. The van der Waals surface area contributed by atoms with Gasteiger partial charge < -0.3 is 4.74 Å². The van der Waals surface area contributed by atoms with Crippen molar-refractivity contribution in [2.45, 2.75) is 0 Å². The van der Waals surface area contributed by atoms with E-state index >= 15 is 0 Å². The van der Waals surface area contributed by atoms with E-state index in [1.54, 1.807) is 12.1 Å². The van der Waals surface area contributed by atoms with Crippen molar-refractivity contribution in [3.63, 3.8) is 0 Å². The van der Waals surface area contributed by atoms with Crippen molar-refractivity contribution in [3.8, 4) is 0 Å². The fraction of sp³-hybridized carbons (Fsp3) is 0.273. The van der Waals surface area contributed by atoms with Crippen LogP contribution in [-0.2, 0) is 9.53 Å². The SMILES string of the molecule is COC(=O)CSCC(=O)c1ccc(Cl)cc1Cl. The Hall–Kier alpha value is -0.710. The lowest BCUT2D eigenvalue weighted by molar-refractivity contribution is -0.137. The number of carbonyl (C=O) groups excluding carboxylic acids is 2. The van der Waals surface area contributed by atoms with Gasteiger partial charge in [-0.3, -0.25) is 9.59 Å². The molecule has 1 aromatic rings. The number of methoxy groups -OCH3 is 1. The van der Waals surface area contributed by atoms with Gasteiger partial charge >= 0.3 is 5.97 Å². The molecule has 92 valence electrons. The number of ketones is 1. The molecule has 0 aliphatic carbocycles. The van der Waals surface area contributed by atoms with Crippen LogP contribution in [0.2, 0.25) is 10.0 Å². The third-order valence-corrected chi connectivity index (χ3v) is 3.37. The summed E-state index contributed by atoms with van der Waals surface area (Å²) in [5, 5.41) is 0.801. The number of halogens is 2. The summed E-state index contributed by atoms with van der Waals surface area (Å²) in [7, 11) is 1.31. The van der Waals surface area contributed by atoms with Crippen LogP contribution in [0.3, 0.4) is 0 Å². The molecular weight excluding hydrogens is 283 g/mol. The van der Waals surface area contributed by atoms with Gasteiger partial charge in [0.1, 0.15) is 0 Å². The molecule has 17 heavy (non-hydrogen) atoms. The molecule has 0 unspecified atom stereocenters. The Morgan fingerprint density at radius 1 is 1.29 bits per heavy atom. The molecule has 0 heterocycles. The highest BCUT2D eigenvalue weighted by atomic mass is 35.5. The van der Waals surface area contributed by atoms with E-state index in [0.29, 0.717) is 15.6 Å². The average Bonchev–Trinajstić information content (AvgIpc) is 2.28. The predicted molar refractivity (Wildman–Crippen MR) is 70.1 cm³/mol. The van der Waals surface area contributed by atoms with Crippen LogP contribution in [0.1, 0.15) is 10.4 Å². The van der Waals surface area contributed by atoms with Gasteiger partial charge in [-0.05, 0) is 18.2 Å². The first kappa shape index (κ1) is 14.4. The van der Waals surface area contributed by atoms with Gasteiger partial charge in [-0.25, -0.2) is 0 Å². The van der Waals surface area contributed by atoms with E-state index in [2.05, 4.69) is 4.74 Å². The minimum Gasteiger partial charge on any atom is -0.468 e. The van der Waals surface area contributed by atoms with Crippen LogP contribution in [-0.4, -0.2) is 30.4 Å². The van der Waals surface area contributed by atoms with Crippen molar-refractivity contribution < 1.29 is 14.3 Å². The lowest BCUT2D eigenvalue weighted by Crippen LogP contribution is -2.08. The van der Waals surface area contributed by atoms with Crippen LogP contribution < -0.4 is 0 Å². The molecule has 0 aliphatic heterocycles. The van der Waals surface area contributed by atoms with Crippen LogP contribution in [0.5, 0.6) is 0 Å². The maximum atomic E-state index is 11.7. The minimum atomic E-state index is -0.356. The van der Waals surface area contributed by atoms with Gasteiger partial charge in [-0.15, -0.1) is 11.8 Å². The summed E-state index contributed by atoms with van der Waals surface area (Å²) in [6.07, 6.45) is 0. The molecule has 0 radical (unpaired) electrons. The summed E-state index contributed by atoms with van der Waals surface area (Å²) >= 11 is 12.8. The average molecular weight is 293 g/mol. The van der Waals surface area contributed by atoms with Gasteiger partial charge in [0.15, 0.2) is 5.78 Å². The Balaban J connectivity index is 2.55. The number of carbonyl (C=O) groups is 2. The summed E-state index contributed by atoms with van der Waals surface area (Å²) in [5.74, 6) is -0.172. The smallest absolute Gasteiger partial charge is 0.315 e. The first-order chi connectivity index (χ1) is 8.04. The largest absolute Gasteiger partial charge is 0.468 e. The number of esters is 1. The second-order valence-corrected chi connectivity index (χ2v) is 4.95. The van der Waals surface area contributed by atoms with Crippen LogP contribution in [0.4, 0.5) is 0 Å². The zero-order chi connectivity index (χ0) is 12.8. The highest BCUT2D eigenvalue weighted by Crippen LogP contribution is 2.22. The normalized spacial score (nSPS) is 10.1. The van der Waals surface area contributed by atoms with Crippen molar-refractivity contribution in [1.29, 1.82) is 0 Å². The van der Waals surface area contributed by atoms with Crippen molar-refractivity contribution in [1.82, 2.24) is 0 Å². The first-order valence-corrected chi connectivity index (χ1v) is 6.58. The molecule has 0 amide bonds. The summed E-state index contributed by atoms with van der Waals surface area (Å²) in [5.41, 5.74) is 0.411. The van der Waals surface area contributed by atoms with Crippen LogP contribution >= 0.6 is 35.0 Å². The molecule has 1 rings (SSSR count). The molecule has 1 aromatic carbocycles. The number of hydrogen-bond acceptors (Lipinski definition) is 4. The third kappa shape index (κ3) is 4.58. The van der Waals surface area contributed by atoms with E-state index < -0.39 is 0 Å². The van der Waals surface area contributed by atoms with Gasteiger partial charge in [0.2, 0.25) is 0 Å². The maximum absolute atomic E-state index is 11.7. The van der Waals surface area contributed by atoms with Gasteiger partial charge in [0.25, 0.3) is 0 Å². The standard InChI is InChI=1S/C11H10Cl2O3S/c1-16-11(15)6-17-5-10(14)8-3-2-7(12)4-9(8)13/h2-4H,5-6H2,1H3. The van der Waals surface area contributed by atoms with E-state index in [1.165, 1.54) is 24.9 Å². The maximum Gasteiger partial charge on any atom is 0.315 e. The van der Waals surface area contributed by atoms with Crippen molar-refractivity contribution in [2.24, 2.45) is 0 Å². The summed E-state index contributed by atoms with van der Waals surface area (Å²) < 4.78 is 4.46. The summed E-state index contributed by atoms with van der Waals surface area (Å²) in [6, 6.07) is 4.69. The van der Waals surface area contributed by atoms with Crippen LogP contribution in [0, 0.1) is 0 Å². The van der Waals surface area contributed by atoms with E-state index in [9.17, 15) is 9.59 Å². The van der Waals surface area contributed by atoms with Crippen LogP contribution in [0.25, 0.3) is 0 Å². The molecule has 6 heteroatoms. The Kier molecular flexibility index (Phi) is 5.82. The molecule has 0 bridgehead atoms. The second-order valence-electron chi connectivity index (χ2n) is 3.12. The number of benzene rings is 1. The monoisotopic (exact) mass is 292 g/mol. The topological polar surface area (TPSA) is 43.4 Å². The number of Topliss-reactive ketones (excluding diaryl/α,β-unsaturated/α-hetero) is 1. The Bertz CT molecular complexity index is 435.